The SMILES string of the molecule is COC(=O)CC1(C)CCC(=O)C1C. The van der Waals surface area contributed by atoms with Crippen molar-refractivity contribution in [2.75, 3.05) is 7.11 Å². The van der Waals surface area contributed by atoms with Crippen LogP contribution in [0.15, 0.2) is 0 Å². The van der Waals surface area contributed by atoms with Crippen LogP contribution >= 0.6 is 0 Å². The molecule has 1 fully saturated rings. The normalized spacial score (nSPS) is 33.5. The van der Waals surface area contributed by atoms with Crippen molar-refractivity contribution in [1.29, 1.82) is 0 Å². The monoisotopic (exact) mass is 184 g/mol. The lowest BCUT2D eigenvalue weighted by atomic mass is 9.78. The van der Waals surface area contributed by atoms with Crippen LogP contribution in [0, 0.1) is 11.3 Å². The van der Waals surface area contributed by atoms with E-state index in [0.29, 0.717) is 12.8 Å². The second-order valence-corrected chi connectivity index (χ2v) is 4.09. The van der Waals surface area contributed by atoms with Crippen molar-refractivity contribution in [1.82, 2.24) is 0 Å². The molecular formula is C10H16O3. The van der Waals surface area contributed by atoms with Gasteiger partial charge in [-0.25, -0.2) is 0 Å². The molecule has 0 amide bonds. The molecule has 3 nitrogen and oxygen atoms in total. The summed E-state index contributed by atoms with van der Waals surface area (Å²) in [6.45, 7) is 3.89. The Kier molecular flexibility index (Phi) is 2.74. The lowest BCUT2D eigenvalue weighted by molar-refractivity contribution is -0.143. The molecule has 74 valence electrons. The first-order chi connectivity index (χ1) is 5.99. The maximum atomic E-state index is 11.3. The van der Waals surface area contributed by atoms with Gasteiger partial charge in [-0.3, -0.25) is 9.59 Å². The van der Waals surface area contributed by atoms with E-state index < -0.39 is 0 Å². The van der Waals surface area contributed by atoms with Gasteiger partial charge in [0.25, 0.3) is 0 Å². The maximum Gasteiger partial charge on any atom is 0.306 e. The second kappa shape index (κ2) is 3.48. The molecule has 0 aromatic heterocycles. The molecule has 0 spiro atoms. The van der Waals surface area contributed by atoms with Crippen LogP contribution < -0.4 is 0 Å². The van der Waals surface area contributed by atoms with Gasteiger partial charge in [0.2, 0.25) is 0 Å². The number of hydrogen-bond acceptors (Lipinski definition) is 3. The first kappa shape index (κ1) is 10.2. The van der Waals surface area contributed by atoms with Crippen molar-refractivity contribution in [3.8, 4) is 0 Å². The van der Waals surface area contributed by atoms with Crippen LogP contribution in [-0.4, -0.2) is 18.9 Å². The van der Waals surface area contributed by atoms with E-state index in [4.69, 9.17) is 0 Å². The molecule has 0 saturated heterocycles. The number of ether oxygens (including phenoxy) is 1. The Morgan fingerprint density at radius 3 is 2.69 bits per heavy atom. The average Bonchev–Trinajstić information content (AvgIpc) is 2.34. The number of carbonyl (C=O) groups is 2. The molecular weight excluding hydrogens is 168 g/mol. The largest absolute Gasteiger partial charge is 0.469 e. The summed E-state index contributed by atoms with van der Waals surface area (Å²) in [5.41, 5.74) is -0.176. The van der Waals surface area contributed by atoms with Crippen LogP contribution in [0.3, 0.4) is 0 Å². The van der Waals surface area contributed by atoms with Gasteiger partial charge in [-0.2, -0.15) is 0 Å². The zero-order valence-electron chi connectivity index (χ0n) is 8.42. The average molecular weight is 184 g/mol. The van der Waals surface area contributed by atoms with Crippen molar-refractivity contribution in [3.05, 3.63) is 0 Å². The molecule has 0 bridgehead atoms. The van der Waals surface area contributed by atoms with Crippen molar-refractivity contribution in [2.45, 2.75) is 33.1 Å². The Morgan fingerprint density at radius 2 is 2.31 bits per heavy atom. The van der Waals surface area contributed by atoms with Gasteiger partial charge < -0.3 is 4.74 Å². The number of Topliss-reactive ketones (excluding diaryl/α,β-unsaturated/α-hetero) is 1. The molecule has 1 aliphatic rings. The summed E-state index contributed by atoms with van der Waals surface area (Å²) in [5, 5.41) is 0. The third-order valence-electron chi connectivity index (χ3n) is 3.25. The minimum atomic E-state index is -0.218. The van der Waals surface area contributed by atoms with E-state index in [9.17, 15) is 9.59 Å². The number of ketones is 1. The molecule has 1 rings (SSSR count). The van der Waals surface area contributed by atoms with Crippen molar-refractivity contribution in [2.24, 2.45) is 11.3 Å². The van der Waals surface area contributed by atoms with Crippen LogP contribution in [0.1, 0.15) is 33.1 Å². The van der Waals surface area contributed by atoms with Gasteiger partial charge >= 0.3 is 5.97 Å². The highest BCUT2D eigenvalue weighted by Crippen LogP contribution is 2.43. The van der Waals surface area contributed by atoms with E-state index in [2.05, 4.69) is 4.74 Å². The Hall–Kier alpha value is -0.860. The predicted molar refractivity (Wildman–Crippen MR) is 48.1 cm³/mol. The van der Waals surface area contributed by atoms with E-state index in [1.54, 1.807) is 0 Å². The Bertz CT molecular complexity index is 234. The number of hydrogen-bond donors (Lipinski definition) is 0. The fraction of sp³-hybridized carbons (Fsp3) is 0.800. The summed E-state index contributed by atoms with van der Waals surface area (Å²) in [6.07, 6.45) is 1.77. The lowest BCUT2D eigenvalue weighted by Gasteiger charge is -2.26. The third kappa shape index (κ3) is 1.90. The summed E-state index contributed by atoms with van der Waals surface area (Å²) in [6, 6.07) is 0. The standard InChI is InChI=1S/C10H16O3/c1-7-8(11)4-5-10(7,2)6-9(12)13-3/h7H,4-6H2,1-3H3. The Balaban J connectivity index is 2.66. The van der Waals surface area contributed by atoms with Crippen molar-refractivity contribution < 1.29 is 14.3 Å². The van der Waals surface area contributed by atoms with Crippen LogP contribution in [-0.2, 0) is 14.3 Å². The topological polar surface area (TPSA) is 43.4 Å². The van der Waals surface area contributed by atoms with Crippen LogP contribution in [0.2, 0.25) is 0 Å². The highest BCUT2D eigenvalue weighted by molar-refractivity contribution is 5.85. The number of carbonyl (C=O) groups excluding carboxylic acids is 2. The Labute approximate surface area is 78.5 Å². The summed E-state index contributed by atoms with van der Waals surface area (Å²) in [7, 11) is 1.38. The van der Waals surface area contributed by atoms with Crippen LogP contribution in [0.5, 0.6) is 0 Å². The molecule has 2 unspecified atom stereocenters. The highest BCUT2D eigenvalue weighted by atomic mass is 16.5. The highest BCUT2D eigenvalue weighted by Gasteiger charge is 2.42. The molecule has 0 aromatic rings. The van der Waals surface area contributed by atoms with E-state index in [0.717, 1.165) is 6.42 Å². The molecule has 1 saturated carbocycles. The molecule has 3 heteroatoms. The molecule has 1 aliphatic carbocycles. The molecule has 0 N–H and O–H groups in total. The zero-order chi connectivity index (χ0) is 10.1. The smallest absolute Gasteiger partial charge is 0.306 e. The van der Waals surface area contributed by atoms with Gasteiger partial charge in [0.15, 0.2) is 0 Å². The zero-order valence-corrected chi connectivity index (χ0v) is 8.42. The molecule has 0 heterocycles. The van der Waals surface area contributed by atoms with Crippen LogP contribution in [0.25, 0.3) is 0 Å². The summed E-state index contributed by atoms with van der Waals surface area (Å²) >= 11 is 0. The molecule has 0 aromatic carbocycles. The number of esters is 1. The van der Waals surface area contributed by atoms with Gasteiger partial charge in [0, 0.05) is 12.3 Å². The van der Waals surface area contributed by atoms with Crippen LogP contribution in [0.4, 0.5) is 0 Å². The molecule has 13 heavy (non-hydrogen) atoms. The lowest BCUT2D eigenvalue weighted by Crippen LogP contribution is -2.26. The first-order valence-electron chi connectivity index (χ1n) is 4.59. The van der Waals surface area contributed by atoms with E-state index in [1.807, 2.05) is 13.8 Å². The fourth-order valence-electron chi connectivity index (χ4n) is 1.87. The molecule has 0 aliphatic heterocycles. The quantitative estimate of drug-likeness (QED) is 0.611. The summed E-state index contributed by atoms with van der Waals surface area (Å²) in [4.78, 5) is 22.4. The summed E-state index contributed by atoms with van der Waals surface area (Å²) < 4.78 is 4.61. The molecule has 2 atom stereocenters. The minimum absolute atomic E-state index is 0.00778. The minimum Gasteiger partial charge on any atom is -0.469 e. The van der Waals surface area contributed by atoms with Gasteiger partial charge in [-0.15, -0.1) is 0 Å². The number of rotatable bonds is 2. The first-order valence-corrected chi connectivity index (χ1v) is 4.59. The van der Waals surface area contributed by atoms with E-state index in [-0.39, 0.29) is 23.1 Å². The third-order valence-corrected chi connectivity index (χ3v) is 3.25. The predicted octanol–water partition coefficient (Wildman–Crippen LogP) is 1.55. The Morgan fingerprint density at radius 1 is 1.69 bits per heavy atom. The maximum absolute atomic E-state index is 11.3. The fourth-order valence-corrected chi connectivity index (χ4v) is 1.87. The van der Waals surface area contributed by atoms with Crippen molar-refractivity contribution >= 4 is 11.8 Å². The molecule has 0 radical (unpaired) electrons. The van der Waals surface area contributed by atoms with Gasteiger partial charge in [0.05, 0.1) is 13.5 Å². The van der Waals surface area contributed by atoms with E-state index in [1.165, 1.54) is 7.11 Å². The van der Waals surface area contributed by atoms with E-state index >= 15 is 0 Å². The second-order valence-electron chi connectivity index (χ2n) is 4.09. The van der Waals surface area contributed by atoms with Crippen molar-refractivity contribution in [3.63, 3.8) is 0 Å². The number of methoxy groups -OCH3 is 1. The summed E-state index contributed by atoms with van der Waals surface area (Å²) in [5.74, 6) is 0.0436. The van der Waals surface area contributed by atoms with Gasteiger partial charge in [-0.1, -0.05) is 13.8 Å². The van der Waals surface area contributed by atoms with Gasteiger partial charge in [-0.05, 0) is 11.8 Å². The van der Waals surface area contributed by atoms with Gasteiger partial charge in [0.1, 0.15) is 5.78 Å².